The smallest absolute Gasteiger partial charge is 0.115 e. The Hall–Kier alpha value is -1.11. The van der Waals surface area contributed by atoms with Crippen LogP contribution in [0.1, 0.15) is 36.4 Å². The van der Waals surface area contributed by atoms with Crippen LogP contribution >= 0.6 is 0 Å². The van der Waals surface area contributed by atoms with E-state index < -0.39 is 0 Å². The Balaban J connectivity index is 0.00000161. The molecule has 0 spiro atoms. The van der Waals surface area contributed by atoms with Crippen LogP contribution in [0.2, 0.25) is 0 Å². The molecule has 0 heterocycles. The second-order valence-corrected chi connectivity index (χ2v) is 5.74. The zero-order chi connectivity index (χ0) is 13.9. The van der Waals surface area contributed by atoms with Crippen LogP contribution in [0.15, 0.2) is 54.6 Å². The van der Waals surface area contributed by atoms with Gasteiger partial charge in [-0.2, -0.15) is 0 Å². The molecule has 2 nitrogen and oxygen atoms in total. The number of phenolic OH excluding ortho intramolecular Hbond substituents is 1. The van der Waals surface area contributed by atoms with Crippen molar-refractivity contribution in [2.24, 2.45) is 5.92 Å². The topological polar surface area (TPSA) is 32.3 Å². The molecule has 21 heavy (non-hydrogen) atoms. The van der Waals surface area contributed by atoms with Gasteiger partial charge in [0.25, 0.3) is 0 Å². The Morgan fingerprint density at radius 2 is 1.90 bits per heavy atom. The van der Waals surface area contributed by atoms with Crippen LogP contribution in [0.5, 0.6) is 5.75 Å². The van der Waals surface area contributed by atoms with E-state index in [0.717, 1.165) is 23.9 Å². The van der Waals surface area contributed by atoms with Gasteiger partial charge in [-0.1, -0.05) is 42.5 Å². The fraction of sp³-hybridized carbons (Fsp3) is 0.333. The second-order valence-electron chi connectivity index (χ2n) is 5.74. The second kappa shape index (κ2) is 7.24. The zero-order valence-corrected chi connectivity index (χ0v) is 15.1. The van der Waals surface area contributed by atoms with Crippen LogP contribution in [-0.2, 0) is 21.1 Å². The summed E-state index contributed by atoms with van der Waals surface area (Å²) in [6.07, 6.45) is 1.28. The molecule has 110 valence electrons. The molecule has 3 atom stereocenters. The molecule has 1 fully saturated rings. The molecule has 2 N–H and O–H groups in total. The summed E-state index contributed by atoms with van der Waals surface area (Å²) >= 11 is 0. The van der Waals surface area contributed by atoms with Gasteiger partial charge in [-0.15, -0.1) is 0 Å². The minimum Gasteiger partial charge on any atom is -0.508 e. The molecule has 0 bridgehead atoms. The number of rotatable bonds is 5. The molecule has 0 aliphatic heterocycles. The van der Waals surface area contributed by atoms with Gasteiger partial charge in [0, 0.05) is 27.1 Å². The van der Waals surface area contributed by atoms with Crippen LogP contribution in [0.25, 0.3) is 0 Å². The van der Waals surface area contributed by atoms with E-state index >= 15 is 0 Å². The Morgan fingerprint density at radius 1 is 1.14 bits per heavy atom. The summed E-state index contributed by atoms with van der Waals surface area (Å²) in [6.45, 7) is 3.19. The van der Waals surface area contributed by atoms with E-state index in [4.69, 9.17) is 0 Å². The molecule has 0 amide bonds. The minimum absolute atomic E-state index is 0. The van der Waals surface area contributed by atoms with Gasteiger partial charge in [0.15, 0.2) is 0 Å². The van der Waals surface area contributed by atoms with Crippen molar-refractivity contribution in [2.45, 2.75) is 25.3 Å². The fourth-order valence-corrected chi connectivity index (χ4v) is 2.82. The summed E-state index contributed by atoms with van der Waals surface area (Å²) in [5.41, 5.74) is 2.60. The van der Waals surface area contributed by atoms with Crippen molar-refractivity contribution in [3.05, 3.63) is 65.7 Å². The molecule has 2 aromatic carbocycles. The van der Waals surface area contributed by atoms with Crippen LogP contribution in [0.4, 0.5) is 0 Å². The van der Waals surface area contributed by atoms with Crippen LogP contribution in [0.3, 0.4) is 0 Å². The molecular weight excluding hydrogens is 430 g/mol. The van der Waals surface area contributed by atoms with Crippen LogP contribution < -0.4 is 5.32 Å². The molecule has 0 unspecified atom stereocenters. The van der Waals surface area contributed by atoms with Gasteiger partial charge in [0.2, 0.25) is 0 Å². The van der Waals surface area contributed by atoms with E-state index in [1.807, 2.05) is 12.1 Å². The van der Waals surface area contributed by atoms with E-state index in [2.05, 4.69) is 48.6 Å². The maximum Gasteiger partial charge on any atom is 0.115 e. The maximum atomic E-state index is 9.51. The summed E-state index contributed by atoms with van der Waals surface area (Å²) in [5, 5.41) is 13.1. The van der Waals surface area contributed by atoms with Crippen molar-refractivity contribution < 1.29 is 26.2 Å². The first-order chi connectivity index (χ1) is 9.74. The molecule has 1 aliphatic rings. The van der Waals surface area contributed by atoms with Gasteiger partial charge in [-0.25, -0.2) is 0 Å². The van der Waals surface area contributed by atoms with Gasteiger partial charge < -0.3 is 10.4 Å². The largest absolute Gasteiger partial charge is 0.508 e. The zero-order valence-electron chi connectivity index (χ0n) is 12.2. The summed E-state index contributed by atoms with van der Waals surface area (Å²) in [5.74, 6) is 1.81. The number of phenols is 1. The molecule has 1 aliphatic carbocycles. The van der Waals surface area contributed by atoms with E-state index in [-0.39, 0.29) is 27.1 Å². The molecule has 0 aromatic heterocycles. The van der Waals surface area contributed by atoms with E-state index in [9.17, 15) is 5.11 Å². The number of benzene rings is 2. The molecule has 1 saturated carbocycles. The fourth-order valence-electron chi connectivity index (χ4n) is 2.82. The molecule has 3 rings (SSSR count). The average molecular weight is 451 g/mol. The molecule has 3 heteroatoms. The van der Waals surface area contributed by atoms with Crippen molar-refractivity contribution in [1.82, 2.24) is 5.32 Å². The maximum absolute atomic E-state index is 9.51. The first-order valence-corrected chi connectivity index (χ1v) is 7.31. The Kier molecular flexibility index (Phi) is 5.61. The first-order valence-electron chi connectivity index (χ1n) is 7.31. The summed E-state index contributed by atoms with van der Waals surface area (Å²) in [4.78, 5) is 0. The van der Waals surface area contributed by atoms with Crippen molar-refractivity contribution in [3.8, 4) is 5.75 Å². The van der Waals surface area contributed by atoms with Crippen molar-refractivity contribution >= 4 is 0 Å². The summed E-state index contributed by atoms with van der Waals surface area (Å²) in [6, 6.07) is 18.5. The van der Waals surface area contributed by atoms with Crippen molar-refractivity contribution in [1.29, 1.82) is 0 Å². The van der Waals surface area contributed by atoms with Gasteiger partial charge in [0.1, 0.15) is 5.75 Å². The molecule has 0 saturated heterocycles. The minimum atomic E-state index is 0. The normalized spacial score (nSPS) is 21.4. The number of hydrogen-bond donors (Lipinski definition) is 2. The third-order valence-electron chi connectivity index (χ3n) is 4.21. The number of hydrogen-bond acceptors (Lipinski definition) is 2. The molecule has 2 aromatic rings. The monoisotopic (exact) mass is 451 g/mol. The first kappa shape index (κ1) is 16.3. The SMILES string of the molecule is C[C@@H](NC[C@@H]1C[C@H]1c1ccccc1)c1cccc(O)c1.[W]. The predicted molar refractivity (Wildman–Crippen MR) is 81.8 cm³/mol. The summed E-state index contributed by atoms with van der Waals surface area (Å²) in [7, 11) is 0. The van der Waals surface area contributed by atoms with E-state index in [1.165, 1.54) is 12.0 Å². The van der Waals surface area contributed by atoms with E-state index in [1.54, 1.807) is 6.07 Å². The Bertz CT molecular complexity index is 572. The van der Waals surface area contributed by atoms with Crippen LogP contribution in [0, 0.1) is 5.92 Å². The molecular formula is C18H21NOW. The molecule has 0 radical (unpaired) electrons. The third-order valence-corrected chi connectivity index (χ3v) is 4.21. The Morgan fingerprint density at radius 3 is 2.62 bits per heavy atom. The van der Waals surface area contributed by atoms with Gasteiger partial charge in [-0.05, 0) is 55.0 Å². The quantitative estimate of drug-likeness (QED) is 0.725. The van der Waals surface area contributed by atoms with Crippen molar-refractivity contribution in [3.63, 3.8) is 0 Å². The average Bonchev–Trinajstić information content (AvgIpc) is 3.25. The number of nitrogens with one attached hydrogen (secondary N) is 1. The number of aromatic hydroxyl groups is 1. The van der Waals surface area contributed by atoms with Crippen molar-refractivity contribution in [2.75, 3.05) is 6.54 Å². The summed E-state index contributed by atoms with van der Waals surface area (Å²) < 4.78 is 0. The van der Waals surface area contributed by atoms with Gasteiger partial charge in [0.05, 0.1) is 0 Å². The third kappa shape index (κ3) is 4.18. The van der Waals surface area contributed by atoms with Gasteiger partial charge in [-0.3, -0.25) is 0 Å². The standard InChI is InChI=1S/C18H21NO.W/c1-13(15-8-5-9-17(20)10-15)19-12-16-11-18(16)14-6-3-2-4-7-14;/h2-10,13,16,18-20H,11-12H2,1H3;/t13-,16+,18+;/m1./s1. The van der Waals surface area contributed by atoms with Crippen LogP contribution in [-0.4, -0.2) is 11.7 Å². The van der Waals surface area contributed by atoms with Gasteiger partial charge >= 0.3 is 0 Å². The predicted octanol–water partition coefficient (Wildman–Crippen LogP) is 3.84. The Labute approximate surface area is 140 Å². The van der Waals surface area contributed by atoms with E-state index in [0.29, 0.717) is 5.75 Å².